The Morgan fingerprint density at radius 2 is 2.11 bits per heavy atom. The van der Waals surface area contributed by atoms with Gasteiger partial charge in [0.1, 0.15) is 24.2 Å². The maximum Gasteiger partial charge on any atom is 0.508 e. The minimum Gasteiger partial charge on any atom is -0.493 e. The molecular formula is C20H23ClO6. The fraction of sp³-hybridized carbons (Fsp3) is 0.500. The first kappa shape index (κ1) is 19.5. The summed E-state index contributed by atoms with van der Waals surface area (Å²) in [6.07, 6.45) is 3.36. The second-order valence-electron chi connectivity index (χ2n) is 6.66. The first-order valence-corrected chi connectivity index (χ1v) is 9.62. The van der Waals surface area contributed by atoms with Crippen LogP contribution in [0.3, 0.4) is 0 Å². The molecule has 0 radical (unpaired) electrons. The molecule has 7 heteroatoms. The van der Waals surface area contributed by atoms with Crippen LogP contribution in [0, 0.1) is 5.92 Å². The van der Waals surface area contributed by atoms with E-state index in [4.69, 9.17) is 30.5 Å². The molecule has 0 saturated heterocycles. The Balaban J connectivity index is 1.56. The molecule has 1 aliphatic heterocycles. The average Bonchev–Trinajstić information content (AvgIpc) is 2.66. The van der Waals surface area contributed by atoms with E-state index in [2.05, 4.69) is 0 Å². The van der Waals surface area contributed by atoms with Crippen molar-refractivity contribution in [2.24, 2.45) is 5.92 Å². The van der Waals surface area contributed by atoms with Gasteiger partial charge in [-0.05, 0) is 31.4 Å². The zero-order valence-electron chi connectivity index (χ0n) is 15.2. The number of ketones is 1. The van der Waals surface area contributed by atoms with Crippen LogP contribution in [0.15, 0.2) is 36.3 Å². The van der Waals surface area contributed by atoms with E-state index in [1.54, 1.807) is 24.3 Å². The highest BCUT2D eigenvalue weighted by Gasteiger charge is 2.42. The summed E-state index contributed by atoms with van der Waals surface area (Å²) in [5, 5.41) is 0.423. The van der Waals surface area contributed by atoms with Crippen LogP contribution in [0.25, 0.3) is 0 Å². The summed E-state index contributed by atoms with van der Waals surface area (Å²) in [5.74, 6) is 0.119. The van der Waals surface area contributed by atoms with Crippen LogP contribution in [-0.2, 0) is 19.0 Å². The first-order valence-electron chi connectivity index (χ1n) is 9.24. The Morgan fingerprint density at radius 1 is 1.30 bits per heavy atom. The Bertz CT molecular complexity index is 716. The second-order valence-corrected chi connectivity index (χ2v) is 7.07. The molecule has 146 valence electrons. The number of para-hydroxylation sites is 1. The molecule has 0 spiro atoms. The molecule has 1 saturated carbocycles. The van der Waals surface area contributed by atoms with Gasteiger partial charge in [0.05, 0.1) is 17.5 Å². The van der Waals surface area contributed by atoms with Crippen LogP contribution in [-0.4, -0.2) is 30.8 Å². The highest BCUT2D eigenvalue weighted by Crippen LogP contribution is 2.36. The summed E-state index contributed by atoms with van der Waals surface area (Å²) >= 11 is 6.08. The molecule has 0 aromatic heterocycles. The van der Waals surface area contributed by atoms with Crippen LogP contribution >= 0.6 is 11.6 Å². The van der Waals surface area contributed by atoms with Crippen LogP contribution < -0.4 is 4.74 Å². The van der Waals surface area contributed by atoms with E-state index in [1.807, 2.05) is 6.92 Å². The quantitative estimate of drug-likeness (QED) is 0.516. The van der Waals surface area contributed by atoms with Crippen molar-refractivity contribution in [1.29, 1.82) is 0 Å². The summed E-state index contributed by atoms with van der Waals surface area (Å²) in [4.78, 5) is 24.4. The fourth-order valence-corrected chi connectivity index (χ4v) is 3.40. The number of benzene rings is 1. The largest absolute Gasteiger partial charge is 0.508 e. The van der Waals surface area contributed by atoms with Crippen LogP contribution in [0.5, 0.6) is 5.75 Å². The minimum atomic E-state index is -0.660. The fourth-order valence-electron chi connectivity index (χ4n) is 3.23. The number of fused-ring (bicyclic) bond motifs is 1. The number of carbonyl (C=O) groups is 2. The molecule has 0 N–H and O–H groups in total. The number of carbonyl (C=O) groups excluding carboxylic acids is 2. The van der Waals surface area contributed by atoms with Gasteiger partial charge in [-0.3, -0.25) is 4.79 Å². The van der Waals surface area contributed by atoms with E-state index in [-0.39, 0.29) is 29.7 Å². The highest BCUT2D eigenvalue weighted by atomic mass is 35.5. The van der Waals surface area contributed by atoms with Gasteiger partial charge < -0.3 is 18.9 Å². The smallest absolute Gasteiger partial charge is 0.493 e. The van der Waals surface area contributed by atoms with Gasteiger partial charge in [-0.2, -0.15) is 0 Å². The molecular weight excluding hydrogens is 372 g/mol. The van der Waals surface area contributed by atoms with Gasteiger partial charge in [-0.25, -0.2) is 4.79 Å². The summed E-state index contributed by atoms with van der Waals surface area (Å²) in [6.45, 7) is 2.37. The number of hydrogen-bond acceptors (Lipinski definition) is 6. The number of hydrogen-bond donors (Lipinski definition) is 0. The van der Waals surface area contributed by atoms with Crippen LogP contribution in [0.2, 0.25) is 5.02 Å². The van der Waals surface area contributed by atoms with Crippen LogP contribution in [0.4, 0.5) is 4.79 Å². The lowest BCUT2D eigenvalue weighted by atomic mass is 9.80. The van der Waals surface area contributed by atoms with Crippen molar-refractivity contribution in [2.75, 3.05) is 6.61 Å². The second kappa shape index (κ2) is 9.13. The van der Waals surface area contributed by atoms with Crippen molar-refractivity contribution >= 4 is 23.5 Å². The van der Waals surface area contributed by atoms with E-state index < -0.39 is 6.16 Å². The maximum absolute atomic E-state index is 12.7. The lowest BCUT2D eigenvalue weighted by Gasteiger charge is -2.36. The molecule has 1 fully saturated rings. The van der Waals surface area contributed by atoms with Gasteiger partial charge in [-0.1, -0.05) is 37.1 Å². The van der Waals surface area contributed by atoms with Gasteiger partial charge in [0.2, 0.25) is 11.5 Å². The molecule has 1 heterocycles. The molecule has 2 aliphatic rings. The van der Waals surface area contributed by atoms with Gasteiger partial charge in [0.15, 0.2) is 0 Å². The van der Waals surface area contributed by atoms with Crippen molar-refractivity contribution in [2.45, 2.75) is 51.2 Å². The van der Waals surface area contributed by atoms with Crippen molar-refractivity contribution in [3.8, 4) is 5.75 Å². The lowest BCUT2D eigenvalue weighted by molar-refractivity contribution is -0.132. The monoisotopic (exact) mass is 394 g/mol. The molecule has 3 unspecified atom stereocenters. The zero-order valence-corrected chi connectivity index (χ0v) is 15.9. The molecule has 3 atom stereocenters. The third-order valence-electron chi connectivity index (χ3n) is 4.71. The van der Waals surface area contributed by atoms with Crippen molar-refractivity contribution < 1.29 is 28.5 Å². The van der Waals surface area contributed by atoms with E-state index in [0.717, 1.165) is 12.8 Å². The summed E-state index contributed by atoms with van der Waals surface area (Å²) in [5.41, 5.74) is 0. The predicted octanol–water partition coefficient (Wildman–Crippen LogP) is 4.65. The molecule has 1 aromatic rings. The Labute approximate surface area is 163 Å². The van der Waals surface area contributed by atoms with E-state index in [9.17, 15) is 9.59 Å². The molecule has 1 aliphatic carbocycles. The van der Waals surface area contributed by atoms with Crippen LogP contribution in [0.1, 0.15) is 39.0 Å². The summed E-state index contributed by atoms with van der Waals surface area (Å²) in [7, 11) is 0. The Kier molecular flexibility index (Phi) is 6.61. The Morgan fingerprint density at radius 3 is 2.89 bits per heavy atom. The summed E-state index contributed by atoms with van der Waals surface area (Å²) in [6, 6.07) is 6.95. The van der Waals surface area contributed by atoms with E-state index in [0.29, 0.717) is 36.6 Å². The molecule has 3 rings (SSSR count). The topological polar surface area (TPSA) is 71.1 Å². The Hall–Kier alpha value is -2.21. The summed E-state index contributed by atoms with van der Waals surface area (Å²) < 4.78 is 21.7. The molecule has 1 aromatic carbocycles. The molecule has 0 amide bonds. The van der Waals surface area contributed by atoms with Gasteiger partial charge in [0, 0.05) is 6.42 Å². The number of allylic oxidation sites excluding steroid dienone is 1. The molecule has 0 bridgehead atoms. The standard InChI is InChI=1S/C20H23ClO6/c1-2-3-10-24-20(23)26-13-8-9-14-17(11-13)25-12-18(19(14)22)27-16-7-5-4-6-15(16)21/h4-7,12-14,17H,2-3,8-11H2,1H3. The minimum absolute atomic E-state index is 0.116. The zero-order chi connectivity index (χ0) is 19.2. The van der Waals surface area contributed by atoms with Crippen molar-refractivity contribution in [3.05, 3.63) is 41.3 Å². The van der Waals surface area contributed by atoms with Gasteiger partial charge in [0.25, 0.3) is 0 Å². The number of rotatable bonds is 6. The third-order valence-corrected chi connectivity index (χ3v) is 5.02. The average molecular weight is 395 g/mol. The number of Topliss-reactive ketones (excluding diaryl/α,β-unsaturated/α-hetero) is 1. The van der Waals surface area contributed by atoms with E-state index in [1.165, 1.54) is 6.26 Å². The maximum atomic E-state index is 12.7. The van der Waals surface area contributed by atoms with Gasteiger partial charge >= 0.3 is 6.16 Å². The SMILES string of the molecule is CCCCOC(=O)OC1CCC2C(=O)C(Oc3ccccc3Cl)=COC2C1. The normalized spacial score (nSPS) is 24.3. The predicted molar refractivity (Wildman–Crippen MR) is 98.5 cm³/mol. The number of unbranched alkanes of at least 4 members (excludes halogenated alkanes) is 1. The molecule has 6 nitrogen and oxygen atoms in total. The van der Waals surface area contributed by atoms with Crippen molar-refractivity contribution in [3.63, 3.8) is 0 Å². The number of halogens is 1. The molecule has 27 heavy (non-hydrogen) atoms. The highest BCUT2D eigenvalue weighted by molar-refractivity contribution is 6.32. The van der Waals surface area contributed by atoms with Crippen molar-refractivity contribution in [1.82, 2.24) is 0 Å². The first-order chi connectivity index (χ1) is 13.1. The third kappa shape index (κ3) is 4.95. The lowest BCUT2D eigenvalue weighted by Crippen LogP contribution is -2.43. The van der Waals surface area contributed by atoms with Gasteiger partial charge in [-0.15, -0.1) is 0 Å². The van der Waals surface area contributed by atoms with E-state index >= 15 is 0 Å². The number of ether oxygens (including phenoxy) is 4.